The molecule has 25 heavy (non-hydrogen) atoms. The van der Waals surface area contributed by atoms with Crippen LogP contribution in [0.5, 0.6) is 0 Å². The molecule has 0 radical (unpaired) electrons. The maximum Gasteiger partial charge on any atom is 0.310 e. The molecule has 1 aromatic carbocycles. The number of hydrogen-bond donors (Lipinski definition) is 0. The summed E-state index contributed by atoms with van der Waals surface area (Å²) in [5, 5.41) is 0.214. The smallest absolute Gasteiger partial charge is 0.310 e. The van der Waals surface area contributed by atoms with Gasteiger partial charge in [-0.3, -0.25) is 9.79 Å². The maximum absolute atomic E-state index is 12.9. The summed E-state index contributed by atoms with van der Waals surface area (Å²) in [7, 11) is 0. The van der Waals surface area contributed by atoms with Gasteiger partial charge in [-0.25, -0.2) is 0 Å². The molecule has 3 aliphatic rings. The first-order valence-electron chi connectivity index (χ1n) is 9.04. The lowest BCUT2D eigenvalue weighted by atomic mass is 9.72. The second kappa shape index (κ2) is 6.83. The topological polar surface area (TPSA) is 38.7 Å². The SMILES string of the molecule is CCOC(=O)C1C(Cc2ccccc2)SC23C=CC=CC2=NCCC13. The number of thioether (sulfide) groups is 1. The van der Waals surface area contributed by atoms with E-state index in [1.54, 1.807) is 0 Å². The second-order valence-electron chi connectivity index (χ2n) is 6.80. The summed E-state index contributed by atoms with van der Waals surface area (Å²) in [4.78, 5) is 17.6. The summed E-state index contributed by atoms with van der Waals surface area (Å²) in [6, 6.07) is 10.5. The molecule has 0 saturated carbocycles. The van der Waals surface area contributed by atoms with Gasteiger partial charge in [-0.2, -0.15) is 0 Å². The lowest BCUT2D eigenvalue weighted by Crippen LogP contribution is -2.45. The summed E-state index contributed by atoms with van der Waals surface area (Å²) in [5.41, 5.74) is 2.40. The van der Waals surface area contributed by atoms with Crippen LogP contribution in [0, 0.1) is 11.8 Å². The first kappa shape index (κ1) is 16.6. The normalized spacial score (nSPS) is 32.7. The Hall–Kier alpha value is -1.81. The Morgan fingerprint density at radius 2 is 2.16 bits per heavy atom. The van der Waals surface area contributed by atoms with Gasteiger partial charge < -0.3 is 4.74 Å². The van der Waals surface area contributed by atoms with Crippen LogP contribution in [0.15, 0.2) is 59.6 Å². The van der Waals surface area contributed by atoms with Crippen molar-refractivity contribution in [1.29, 1.82) is 0 Å². The monoisotopic (exact) mass is 353 g/mol. The summed E-state index contributed by atoms with van der Waals surface area (Å²) in [6.45, 7) is 3.13. The lowest BCUT2D eigenvalue weighted by molar-refractivity contribution is -0.149. The van der Waals surface area contributed by atoms with Gasteiger partial charge in [-0.05, 0) is 37.3 Å². The molecule has 4 atom stereocenters. The van der Waals surface area contributed by atoms with Crippen LogP contribution < -0.4 is 0 Å². The minimum atomic E-state index is -0.163. The number of carbonyl (C=O) groups is 1. The van der Waals surface area contributed by atoms with Crippen LogP contribution in [0.1, 0.15) is 18.9 Å². The molecule has 1 spiro atoms. The van der Waals surface area contributed by atoms with Gasteiger partial charge in [0.25, 0.3) is 0 Å². The van der Waals surface area contributed by atoms with Crippen LogP contribution in [0.25, 0.3) is 0 Å². The fraction of sp³-hybridized carbons (Fsp3) is 0.429. The molecule has 0 N–H and O–H groups in total. The highest BCUT2D eigenvalue weighted by Gasteiger charge is 2.58. The molecule has 0 bridgehead atoms. The van der Waals surface area contributed by atoms with E-state index in [1.165, 1.54) is 5.56 Å². The zero-order chi connectivity index (χ0) is 17.3. The highest BCUT2D eigenvalue weighted by Crippen LogP contribution is 2.57. The molecule has 1 fully saturated rings. The molecule has 1 saturated heterocycles. The fourth-order valence-electron chi connectivity index (χ4n) is 4.37. The van der Waals surface area contributed by atoms with Gasteiger partial charge in [-0.15, -0.1) is 11.8 Å². The minimum Gasteiger partial charge on any atom is -0.466 e. The van der Waals surface area contributed by atoms with Gasteiger partial charge >= 0.3 is 5.97 Å². The van der Waals surface area contributed by atoms with Crippen molar-refractivity contribution in [3.8, 4) is 0 Å². The number of carbonyl (C=O) groups excluding carboxylic acids is 1. The number of esters is 1. The molecular formula is C21H23NO2S. The second-order valence-corrected chi connectivity index (χ2v) is 8.31. The van der Waals surface area contributed by atoms with E-state index in [9.17, 15) is 4.79 Å². The molecule has 0 amide bonds. The molecule has 4 heteroatoms. The predicted octanol–water partition coefficient (Wildman–Crippen LogP) is 3.85. The highest BCUT2D eigenvalue weighted by atomic mass is 32.2. The summed E-state index contributed by atoms with van der Waals surface area (Å²) in [6.07, 6.45) is 10.4. The average molecular weight is 353 g/mol. The molecule has 4 unspecified atom stereocenters. The van der Waals surface area contributed by atoms with Crippen molar-refractivity contribution >= 4 is 23.4 Å². The molecular weight excluding hydrogens is 330 g/mol. The van der Waals surface area contributed by atoms with Crippen molar-refractivity contribution in [2.45, 2.75) is 29.8 Å². The van der Waals surface area contributed by atoms with Gasteiger partial charge in [0.1, 0.15) is 0 Å². The molecule has 2 aliphatic heterocycles. The number of benzene rings is 1. The Kier molecular flexibility index (Phi) is 4.55. The van der Waals surface area contributed by atoms with Crippen molar-refractivity contribution in [2.24, 2.45) is 16.8 Å². The van der Waals surface area contributed by atoms with Crippen molar-refractivity contribution < 1.29 is 9.53 Å². The van der Waals surface area contributed by atoms with E-state index in [0.717, 1.165) is 25.1 Å². The van der Waals surface area contributed by atoms with Gasteiger partial charge in [0.05, 0.1) is 23.0 Å². The highest BCUT2D eigenvalue weighted by molar-refractivity contribution is 8.02. The molecule has 130 valence electrons. The Balaban J connectivity index is 1.70. The number of ether oxygens (including phenoxy) is 1. The van der Waals surface area contributed by atoms with E-state index in [1.807, 2.05) is 24.8 Å². The molecule has 4 rings (SSSR count). The zero-order valence-corrected chi connectivity index (χ0v) is 15.2. The quantitative estimate of drug-likeness (QED) is 0.772. The fourth-order valence-corrected chi connectivity index (χ4v) is 6.45. The molecule has 1 aromatic rings. The lowest BCUT2D eigenvalue weighted by Gasteiger charge is -2.37. The first-order valence-corrected chi connectivity index (χ1v) is 9.92. The minimum absolute atomic E-state index is 0.0398. The largest absolute Gasteiger partial charge is 0.466 e. The molecule has 0 aromatic heterocycles. The third-order valence-corrected chi connectivity index (χ3v) is 7.20. The standard InChI is InChI=1S/C21H23NO2S/c1-2-24-20(23)19-16-11-13-22-18-10-6-7-12-21(16,18)25-17(19)14-15-8-4-3-5-9-15/h3-10,12,16-17,19H,2,11,13-14H2,1H3. The van der Waals surface area contributed by atoms with Crippen molar-refractivity contribution in [3.05, 3.63) is 60.2 Å². The number of hydrogen-bond acceptors (Lipinski definition) is 4. The van der Waals surface area contributed by atoms with Crippen LogP contribution in [0.3, 0.4) is 0 Å². The van der Waals surface area contributed by atoms with Crippen LogP contribution in [-0.4, -0.2) is 34.8 Å². The Bertz CT molecular complexity index is 740. The summed E-state index contributed by atoms with van der Waals surface area (Å²) in [5.74, 6) is 0.146. The Labute approximate surface area is 153 Å². The first-order chi connectivity index (χ1) is 12.2. The summed E-state index contributed by atoms with van der Waals surface area (Å²) < 4.78 is 5.32. The van der Waals surface area contributed by atoms with Gasteiger partial charge in [0.2, 0.25) is 0 Å². The number of allylic oxidation sites excluding steroid dienone is 3. The third-order valence-electron chi connectivity index (χ3n) is 5.40. The van der Waals surface area contributed by atoms with E-state index in [0.29, 0.717) is 6.61 Å². The molecule has 3 nitrogen and oxygen atoms in total. The van der Waals surface area contributed by atoms with E-state index in [-0.39, 0.29) is 27.8 Å². The maximum atomic E-state index is 12.9. The third kappa shape index (κ3) is 2.86. The van der Waals surface area contributed by atoms with E-state index in [2.05, 4.69) is 48.6 Å². The molecule has 1 aliphatic carbocycles. The molecule has 2 heterocycles. The predicted molar refractivity (Wildman–Crippen MR) is 103 cm³/mol. The van der Waals surface area contributed by atoms with Crippen LogP contribution in [0.4, 0.5) is 0 Å². The average Bonchev–Trinajstić information content (AvgIpc) is 2.94. The van der Waals surface area contributed by atoms with E-state index in [4.69, 9.17) is 9.73 Å². The Morgan fingerprint density at radius 1 is 1.32 bits per heavy atom. The van der Waals surface area contributed by atoms with E-state index >= 15 is 0 Å². The van der Waals surface area contributed by atoms with Crippen LogP contribution in [0.2, 0.25) is 0 Å². The Morgan fingerprint density at radius 3 is 2.96 bits per heavy atom. The van der Waals surface area contributed by atoms with Crippen molar-refractivity contribution in [1.82, 2.24) is 0 Å². The van der Waals surface area contributed by atoms with Gasteiger partial charge in [-0.1, -0.05) is 48.6 Å². The number of nitrogens with zero attached hydrogens (tertiary/aromatic N) is 1. The van der Waals surface area contributed by atoms with Crippen LogP contribution in [-0.2, 0) is 16.0 Å². The number of aliphatic imine (C=N–C) groups is 1. The van der Waals surface area contributed by atoms with Crippen molar-refractivity contribution in [2.75, 3.05) is 13.2 Å². The van der Waals surface area contributed by atoms with Crippen LogP contribution >= 0.6 is 11.8 Å². The number of rotatable bonds is 4. The summed E-state index contributed by atoms with van der Waals surface area (Å²) >= 11 is 1.91. The van der Waals surface area contributed by atoms with E-state index < -0.39 is 0 Å². The van der Waals surface area contributed by atoms with Gasteiger partial charge in [0, 0.05) is 11.8 Å². The van der Waals surface area contributed by atoms with Gasteiger partial charge in [0.15, 0.2) is 0 Å². The zero-order valence-electron chi connectivity index (χ0n) is 14.4. The van der Waals surface area contributed by atoms with Crippen molar-refractivity contribution in [3.63, 3.8) is 0 Å².